The Morgan fingerprint density at radius 3 is 1.89 bits per heavy atom. The molecule has 0 heterocycles. The molecule has 0 aliphatic carbocycles. The molecular weight excluding hydrogens is 234 g/mol. The molecule has 0 saturated heterocycles. The summed E-state index contributed by atoms with van der Waals surface area (Å²) in [6, 6.07) is 0. The number of nitrogens with zero attached hydrogens (tertiary/aromatic N) is 1. The van der Waals surface area contributed by atoms with Crippen LogP contribution in [0.2, 0.25) is 0 Å². The summed E-state index contributed by atoms with van der Waals surface area (Å²) in [5.41, 5.74) is 0.805. The lowest BCUT2D eigenvalue weighted by Gasteiger charge is -2.25. The lowest BCUT2D eigenvalue weighted by Crippen LogP contribution is -2.22. The number of hydrogen-bond donors (Lipinski definition) is 0. The second-order valence-electron chi connectivity index (χ2n) is 7.99. The standard InChI is InChI=1S/C17H35NO/c1-15(19-14-10-12-17(5,6)7)18(8)13-9-11-16(2,3)4/h1,9-14H2,2-8H3. The zero-order valence-electron chi connectivity index (χ0n) is 14.3. The van der Waals surface area contributed by atoms with Gasteiger partial charge < -0.3 is 9.64 Å². The van der Waals surface area contributed by atoms with Crippen LogP contribution in [0.3, 0.4) is 0 Å². The van der Waals surface area contributed by atoms with Crippen LogP contribution in [-0.2, 0) is 4.74 Å². The van der Waals surface area contributed by atoms with Gasteiger partial charge in [0.1, 0.15) is 0 Å². The highest BCUT2D eigenvalue weighted by atomic mass is 16.5. The van der Waals surface area contributed by atoms with E-state index in [0.717, 1.165) is 25.5 Å². The lowest BCUT2D eigenvalue weighted by atomic mass is 9.90. The molecule has 0 aromatic carbocycles. The van der Waals surface area contributed by atoms with Gasteiger partial charge in [-0.3, -0.25) is 0 Å². The van der Waals surface area contributed by atoms with E-state index in [4.69, 9.17) is 4.74 Å². The molecular formula is C17H35NO. The van der Waals surface area contributed by atoms with E-state index in [1.54, 1.807) is 0 Å². The van der Waals surface area contributed by atoms with Crippen LogP contribution < -0.4 is 0 Å². The van der Waals surface area contributed by atoms with Gasteiger partial charge in [0.05, 0.1) is 6.61 Å². The van der Waals surface area contributed by atoms with Gasteiger partial charge >= 0.3 is 0 Å². The van der Waals surface area contributed by atoms with Gasteiger partial charge in [0, 0.05) is 13.6 Å². The van der Waals surface area contributed by atoms with E-state index in [1.807, 2.05) is 0 Å². The van der Waals surface area contributed by atoms with E-state index in [0.29, 0.717) is 10.8 Å². The fourth-order valence-electron chi connectivity index (χ4n) is 1.87. The van der Waals surface area contributed by atoms with Crippen LogP contribution >= 0.6 is 0 Å². The molecule has 0 aliphatic heterocycles. The van der Waals surface area contributed by atoms with Gasteiger partial charge in [0.15, 0.2) is 5.88 Å². The lowest BCUT2D eigenvalue weighted by molar-refractivity contribution is 0.117. The Hall–Kier alpha value is -0.660. The van der Waals surface area contributed by atoms with Crippen LogP contribution in [0.25, 0.3) is 0 Å². The van der Waals surface area contributed by atoms with Crippen molar-refractivity contribution in [1.82, 2.24) is 4.90 Å². The average molecular weight is 269 g/mol. The number of hydrogen-bond acceptors (Lipinski definition) is 2. The summed E-state index contributed by atoms with van der Waals surface area (Å²) in [6.07, 6.45) is 4.70. The molecule has 0 bridgehead atoms. The fraction of sp³-hybridized carbons (Fsp3) is 0.882. The first-order valence-corrected chi connectivity index (χ1v) is 7.54. The monoisotopic (exact) mass is 269 g/mol. The van der Waals surface area contributed by atoms with E-state index in [-0.39, 0.29) is 0 Å². The molecule has 0 fully saturated rings. The van der Waals surface area contributed by atoms with Crippen LogP contribution in [0.4, 0.5) is 0 Å². The molecule has 0 spiro atoms. The zero-order valence-corrected chi connectivity index (χ0v) is 14.3. The first kappa shape index (κ1) is 18.3. The van der Waals surface area contributed by atoms with E-state index in [9.17, 15) is 0 Å². The van der Waals surface area contributed by atoms with Gasteiger partial charge in [-0.05, 0) is 43.1 Å². The Balaban J connectivity index is 3.71. The average Bonchev–Trinajstić information content (AvgIpc) is 2.20. The van der Waals surface area contributed by atoms with Crippen LogP contribution in [-0.4, -0.2) is 25.1 Å². The minimum Gasteiger partial charge on any atom is -0.480 e. The molecule has 2 nitrogen and oxygen atoms in total. The van der Waals surface area contributed by atoms with E-state index < -0.39 is 0 Å². The van der Waals surface area contributed by atoms with E-state index >= 15 is 0 Å². The third-order valence-electron chi connectivity index (χ3n) is 3.19. The van der Waals surface area contributed by atoms with Gasteiger partial charge in [-0.15, -0.1) is 0 Å². The molecule has 114 valence electrons. The largest absolute Gasteiger partial charge is 0.480 e. The smallest absolute Gasteiger partial charge is 0.181 e. The Bertz CT molecular complexity index is 257. The van der Waals surface area contributed by atoms with Crippen LogP contribution in [0.15, 0.2) is 12.5 Å². The first-order chi connectivity index (χ1) is 8.51. The predicted molar refractivity (Wildman–Crippen MR) is 85.1 cm³/mol. The summed E-state index contributed by atoms with van der Waals surface area (Å²) in [4.78, 5) is 2.13. The number of rotatable bonds is 8. The molecule has 0 aromatic heterocycles. The Morgan fingerprint density at radius 2 is 1.42 bits per heavy atom. The van der Waals surface area contributed by atoms with Gasteiger partial charge in [0.25, 0.3) is 0 Å². The van der Waals surface area contributed by atoms with Crippen LogP contribution in [0.1, 0.15) is 67.2 Å². The molecule has 0 rings (SSSR count). The summed E-state index contributed by atoms with van der Waals surface area (Å²) >= 11 is 0. The van der Waals surface area contributed by atoms with Crippen LogP contribution in [0.5, 0.6) is 0 Å². The highest BCUT2D eigenvalue weighted by molar-refractivity contribution is 4.81. The second kappa shape index (κ2) is 7.81. The maximum Gasteiger partial charge on any atom is 0.181 e. The van der Waals surface area contributed by atoms with Crippen molar-refractivity contribution in [3.63, 3.8) is 0 Å². The van der Waals surface area contributed by atoms with Gasteiger partial charge in [-0.25, -0.2) is 0 Å². The Labute approximate surface area is 121 Å². The molecule has 0 N–H and O–H groups in total. The number of ether oxygens (including phenoxy) is 1. The van der Waals surface area contributed by atoms with Crippen molar-refractivity contribution in [3.05, 3.63) is 12.5 Å². The first-order valence-electron chi connectivity index (χ1n) is 7.54. The van der Waals surface area contributed by atoms with Gasteiger partial charge in [0.2, 0.25) is 0 Å². The second-order valence-corrected chi connectivity index (χ2v) is 7.99. The van der Waals surface area contributed by atoms with Gasteiger partial charge in [-0.2, -0.15) is 0 Å². The molecule has 2 heteroatoms. The molecule has 0 amide bonds. The van der Waals surface area contributed by atoms with Crippen molar-refractivity contribution in [2.45, 2.75) is 67.2 Å². The maximum atomic E-state index is 5.71. The third-order valence-corrected chi connectivity index (χ3v) is 3.19. The van der Waals surface area contributed by atoms with E-state index in [2.05, 4.69) is 60.1 Å². The summed E-state index contributed by atoms with van der Waals surface area (Å²) in [7, 11) is 2.06. The highest BCUT2D eigenvalue weighted by Gasteiger charge is 2.12. The minimum atomic E-state index is 0.392. The van der Waals surface area contributed by atoms with Crippen molar-refractivity contribution < 1.29 is 4.74 Å². The molecule has 0 aromatic rings. The molecule has 0 aliphatic rings. The normalized spacial score (nSPS) is 12.4. The topological polar surface area (TPSA) is 12.5 Å². The highest BCUT2D eigenvalue weighted by Crippen LogP contribution is 2.22. The summed E-state index contributed by atoms with van der Waals surface area (Å²) in [5.74, 6) is 0.808. The predicted octanol–water partition coefficient (Wildman–Crippen LogP) is 5.06. The van der Waals surface area contributed by atoms with Gasteiger partial charge in [-0.1, -0.05) is 41.5 Å². The molecule has 0 atom stereocenters. The quantitative estimate of drug-likeness (QED) is 0.451. The van der Waals surface area contributed by atoms with Crippen molar-refractivity contribution >= 4 is 0 Å². The Kier molecular flexibility index (Phi) is 7.54. The summed E-state index contributed by atoms with van der Waals surface area (Å²) in [6.45, 7) is 19.4. The van der Waals surface area contributed by atoms with Crippen molar-refractivity contribution in [1.29, 1.82) is 0 Å². The SMILES string of the molecule is C=C(OCCCC(C)(C)C)N(C)CCCC(C)(C)C. The van der Waals surface area contributed by atoms with Crippen LogP contribution in [0, 0.1) is 10.8 Å². The van der Waals surface area contributed by atoms with Crippen molar-refractivity contribution in [2.75, 3.05) is 20.2 Å². The summed E-state index contributed by atoms with van der Waals surface area (Å²) in [5, 5.41) is 0. The summed E-state index contributed by atoms with van der Waals surface area (Å²) < 4.78 is 5.71. The van der Waals surface area contributed by atoms with Crippen molar-refractivity contribution in [2.24, 2.45) is 10.8 Å². The Morgan fingerprint density at radius 1 is 0.947 bits per heavy atom. The third kappa shape index (κ3) is 12.1. The zero-order chi connectivity index (χ0) is 15.1. The molecule has 0 unspecified atom stereocenters. The minimum absolute atomic E-state index is 0.392. The fourth-order valence-corrected chi connectivity index (χ4v) is 1.87. The molecule has 0 radical (unpaired) electrons. The molecule has 0 saturated carbocycles. The maximum absolute atomic E-state index is 5.71. The van der Waals surface area contributed by atoms with E-state index in [1.165, 1.54) is 19.3 Å². The molecule has 19 heavy (non-hydrogen) atoms. The van der Waals surface area contributed by atoms with Crippen molar-refractivity contribution in [3.8, 4) is 0 Å².